The van der Waals surface area contributed by atoms with Gasteiger partial charge < -0.3 is 14.9 Å². The topological polar surface area (TPSA) is 58.9 Å². The van der Waals surface area contributed by atoms with Crippen LogP contribution in [0.1, 0.15) is 12.0 Å². The summed E-state index contributed by atoms with van der Waals surface area (Å²) in [6, 6.07) is 5.03. The minimum absolute atomic E-state index is 0.481. The van der Waals surface area contributed by atoms with Crippen molar-refractivity contribution in [2.75, 3.05) is 6.61 Å². The van der Waals surface area contributed by atoms with E-state index in [4.69, 9.17) is 19.8 Å². The fourth-order valence-corrected chi connectivity index (χ4v) is 1.46. The summed E-state index contributed by atoms with van der Waals surface area (Å²) in [5.41, 5.74) is 1.43. The van der Waals surface area contributed by atoms with Crippen molar-refractivity contribution >= 4 is 12.6 Å². The largest absolute Gasteiger partial charge is 0.488 e. The van der Waals surface area contributed by atoms with E-state index in [2.05, 4.69) is 0 Å². The SMILES string of the molecule is OB(O)c1ccc2c(c1)CCCOO2. The van der Waals surface area contributed by atoms with Crippen LogP contribution in [0.15, 0.2) is 18.2 Å². The van der Waals surface area contributed by atoms with Gasteiger partial charge in [0.05, 0.1) is 6.61 Å². The molecular formula is C9H11BO4. The molecule has 1 aromatic rings. The van der Waals surface area contributed by atoms with E-state index in [0.29, 0.717) is 17.8 Å². The van der Waals surface area contributed by atoms with Crippen LogP contribution in [0.3, 0.4) is 0 Å². The van der Waals surface area contributed by atoms with E-state index < -0.39 is 7.12 Å². The Morgan fingerprint density at radius 2 is 2.14 bits per heavy atom. The summed E-state index contributed by atoms with van der Waals surface area (Å²) >= 11 is 0. The maximum atomic E-state index is 8.98. The van der Waals surface area contributed by atoms with Gasteiger partial charge in [-0.2, -0.15) is 4.89 Å². The molecule has 0 bridgehead atoms. The van der Waals surface area contributed by atoms with Crippen LogP contribution in [-0.2, 0) is 11.3 Å². The van der Waals surface area contributed by atoms with Gasteiger partial charge in [-0.15, -0.1) is 0 Å². The van der Waals surface area contributed by atoms with Gasteiger partial charge in [-0.3, -0.25) is 0 Å². The predicted molar refractivity (Wildman–Crippen MR) is 51.2 cm³/mol. The average molecular weight is 194 g/mol. The highest BCUT2D eigenvalue weighted by Gasteiger charge is 2.15. The van der Waals surface area contributed by atoms with Gasteiger partial charge >= 0.3 is 7.12 Å². The van der Waals surface area contributed by atoms with Crippen molar-refractivity contribution in [1.29, 1.82) is 0 Å². The number of benzene rings is 1. The summed E-state index contributed by atoms with van der Waals surface area (Å²) in [6.45, 7) is 0.561. The Balaban J connectivity index is 2.32. The third-order valence-corrected chi connectivity index (χ3v) is 2.21. The van der Waals surface area contributed by atoms with Crippen LogP contribution in [0.5, 0.6) is 5.75 Å². The first-order valence-corrected chi connectivity index (χ1v) is 4.56. The molecule has 0 fully saturated rings. The second-order valence-electron chi connectivity index (χ2n) is 3.25. The van der Waals surface area contributed by atoms with Gasteiger partial charge in [-0.25, -0.2) is 0 Å². The molecule has 0 atom stereocenters. The second kappa shape index (κ2) is 4.00. The van der Waals surface area contributed by atoms with Gasteiger partial charge in [0, 0.05) is 0 Å². The first kappa shape index (κ1) is 9.52. The third kappa shape index (κ3) is 1.90. The Labute approximate surface area is 82.2 Å². The van der Waals surface area contributed by atoms with E-state index >= 15 is 0 Å². The molecule has 1 aromatic carbocycles. The van der Waals surface area contributed by atoms with E-state index in [1.807, 2.05) is 0 Å². The predicted octanol–water partition coefficient (Wildman–Crippen LogP) is -0.377. The number of aryl methyl sites for hydroxylation is 1. The summed E-state index contributed by atoms with van der Waals surface area (Å²) in [4.78, 5) is 9.92. The van der Waals surface area contributed by atoms with Crippen LogP contribution in [0.2, 0.25) is 0 Å². The van der Waals surface area contributed by atoms with Crippen LogP contribution < -0.4 is 10.4 Å². The van der Waals surface area contributed by atoms with Crippen LogP contribution in [-0.4, -0.2) is 23.8 Å². The first-order chi connectivity index (χ1) is 6.77. The maximum Gasteiger partial charge on any atom is 0.488 e. The van der Waals surface area contributed by atoms with Crippen LogP contribution in [0.25, 0.3) is 0 Å². The average Bonchev–Trinajstić information content (AvgIpc) is 2.41. The molecule has 2 rings (SSSR count). The van der Waals surface area contributed by atoms with Crippen molar-refractivity contribution in [2.45, 2.75) is 12.8 Å². The molecule has 74 valence electrons. The zero-order valence-corrected chi connectivity index (χ0v) is 7.64. The Bertz CT molecular complexity index is 327. The van der Waals surface area contributed by atoms with Crippen molar-refractivity contribution < 1.29 is 19.8 Å². The molecule has 5 heteroatoms. The van der Waals surface area contributed by atoms with E-state index in [1.165, 1.54) is 0 Å². The van der Waals surface area contributed by atoms with Crippen molar-refractivity contribution in [3.05, 3.63) is 23.8 Å². The molecule has 0 spiro atoms. The fourth-order valence-electron chi connectivity index (χ4n) is 1.46. The molecule has 1 aliphatic rings. The van der Waals surface area contributed by atoms with E-state index in [9.17, 15) is 0 Å². The Morgan fingerprint density at radius 1 is 1.29 bits per heavy atom. The van der Waals surface area contributed by atoms with Crippen molar-refractivity contribution in [3.63, 3.8) is 0 Å². The summed E-state index contributed by atoms with van der Waals surface area (Å²) < 4.78 is 0. The van der Waals surface area contributed by atoms with E-state index in [0.717, 1.165) is 18.4 Å². The highest BCUT2D eigenvalue weighted by molar-refractivity contribution is 6.58. The van der Waals surface area contributed by atoms with E-state index in [1.54, 1.807) is 18.2 Å². The fraction of sp³-hybridized carbons (Fsp3) is 0.333. The lowest BCUT2D eigenvalue weighted by Crippen LogP contribution is -2.29. The highest BCUT2D eigenvalue weighted by atomic mass is 17.2. The first-order valence-electron chi connectivity index (χ1n) is 4.56. The zero-order valence-electron chi connectivity index (χ0n) is 7.64. The Morgan fingerprint density at radius 3 is 2.93 bits per heavy atom. The molecule has 0 radical (unpaired) electrons. The van der Waals surface area contributed by atoms with Crippen molar-refractivity contribution in [1.82, 2.24) is 0 Å². The monoisotopic (exact) mass is 194 g/mol. The third-order valence-electron chi connectivity index (χ3n) is 2.21. The van der Waals surface area contributed by atoms with Gasteiger partial charge in [0.15, 0.2) is 5.75 Å². The smallest absolute Gasteiger partial charge is 0.423 e. The van der Waals surface area contributed by atoms with Gasteiger partial charge in [-0.1, -0.05) is 12.1 Å². The molecule has 1 heterocycles. The lowest BCUT2D eigenvalue weighted by atomic mass is 9.79. The molecule has 14 heavy (non-hydrogen) atoms. The molecule has 0 saturated carbocycles. The lowest BCUT2D eigenvalue weighted by Gasteiger charge is -2.06. The van der Waals surface area contributed by atoms with Gasteiger partial charge in [0.1, 0.15) is 0 Å². The number of rotatable bonds is 1. The summed E-state index contributed by atoms with van der Waals surface area (Å²) in [7, 11) is -1.43. The minimum Gasteiger partial charge on any atom is -0.423 e. The minimum atomic E-state index is -1.43. The molecular weight excluding hydrogens is 183 g/mol. The van der Waals surface area contributed by atoms with Crippen LogP contribution >= 0.6 is 0 Å². The number of hydrogen-bond acceptors (Lipinski definition) is 4. The molecule has 2 N–H and O–H groups in total. The Kier molecular flexibility index (Phi) is 2.72. The summed E-state index contributed by atoms with van der Waals surface area (Å²) in [5.74, 6) is 0.659. The van der Waals surface area contributed by atoms with Crippen molar-refractivity contribution in [3.8, 4) is 5.75 Å². The lowest BCUT2D eigenvalue weighted by molar-refractivity contribution is -0.203. The zero-order chi connectivity index (χ0) is 9.97. The molecule has 0 aliphatic carbocycles. The van der Waals surface area contributed by atoms with Gasteiger partial charge in [0.25, 0.3) is 0 Å². The molecule has 1 aliphatic heterocycles. The molecule has 0 unspecified atom stereocenters. The quantitative estimate of drug-likeness (QED) is 0.472. The number of hydrogen-bond donors (Lipinski definition) is 2. The molecule has 0 aromatic heterocycles. The molecule has 0 saturated heterocycles. The van der Waals surface area contributed by atoms with E-state index in [-0.39, 0.29) is 0 Å². The Hall–Kier alpha value is -1.04. The van der Waals surface area contributed by atoms with Crippen molar-refractivity contribution in [2.24, 2.45) is 0 Å². The van der Waals surface area contributed by atoms with Crippen LogP contribution in [0.4, 0.5) is 0 Å². The summed E-state index contributed by atoms with van der Waals surface area (Å²) in [6.07, 6.45) is 1.70. The maximum absolute atomic E-state index is 8.98. The summed E-state index contributed by atoms with van der Waals surface area (Å²) in [5, 5.41) is 18.0. The number of fused-ring (bicyclic) bond motifs is 1. The van der Waals surface area contributed by atoms with Gasteiger partial charge in [-0.05, 0) is 29.9 Å². The standard InChI is InChI=1S/C9H11BO4/c11-10(12)8-3-4-9-7(6-8)2-1-5-13-14-9/h3-4,6,11-12H,1-2,5H2. The second-order valence-corrected chi connectivity index (χ2v) is 3.25. The normalized spacial score (nSPS) is 15.3. The molecule has 0 amide bonds. The highest BCUT2D eigenvalue weighted by Crippen LogP contribution is 2.21. The van der Waals surface area contributed by atoms with Crippen LogP contribution in [0, 0.1) is 0 Å². The van der Waals surface area contributed by atoms with Gasteiger partial charge in [0.2, 0.25) is 0 Å². The molecule has 4 nitrogen and oxygen atoms in total.